The van der Waals surface area contributed by atoms with Crippen LogP contribution in [0.2, 0.25) is 0 Å². The van der Waals surface area contributed by atoms with E-state index in [0.717, 1.165) is 0 Å². The Bertz CT molecular complexity index is 1160. The van der Waals surface area contributed by atoms with Crippen LogP contribution < -0.4 is 15.6 Å². The number of benzene rings is 3. The van der Waals surface area contributed by atoms with Gasteiger partial charge in [0.05, 0.1) is 0 Å². The van der Waals surface area contributed by atoms with E-state index in [1.807, 2.05) is 0 Å². The molecule has 206 valence electrons. The Morgan fingerprint density at radius 2 is 0.632 bits per heavy atom. The smallest absolute Gasteiger partial charge is 0.149 e. The zero-order valence-corrected chi connectivity index (χ0v) is 28.3. The number of hydrogen-bond donors (Lipinski definition) is 0. The predicted molar refractivity (Wildman–Crippen MR) is 174 cm³/mol. The Morgan fingerprint density at radius 1 is 0.395 bits per heavy atom. The van der Waals surface area contributed by atoms with Crippen LogP contribution in [-0.4, -0.2) is 7.38 Å². The minimum atomic E-state index is -2.91. The van der Waals surface area contributed by atoms with Gasteiger partial charge >= 0.3 is 0 Å². The first-order valence-electron chi connectivity index (χ1n) is 14.1. The third-order valence-electron chi connectivity index (χ3n) is 7.75. The minimum absolute atomic E-state index is 0.0224. The summed E-state index contributed by atoms with van der Waals surface area (Å²) in [6.45, 7) is 32.1. The van der Waals surface area contributed by atoms with Gasteiger partial charge in [0.2, 0.25) is 7.38 Å². The number of rotatable bonds is 3. The number of halogens is 1. The molecule has 0 fully saturated rings. The van der Waals surface area contributed by atoms with Gasteiger partial charge in [0.15, 0.2) is 0 Å². The van der Waals surface area contributed by atoms with Gasteiger partial charge in [-0.3, -0.25) is 0 Å². The summed E-state index contributed by atoms with van der Waals surface area (Å²) in [6, 6.07) is 21.4. The first-order valence-corrected chi connectivity index (χ1v) is 17.1. The van der Waals surface area contributed by atoms with Gasteiger partial charge in [-0.2, -0.15) is 0 Å². The average Bonchev–Trinajstić information content (AvgIpc) is 2.74. The Labute approximate surface area is 240 Å². The van der Waals surface area contributed by atoms with Crippen LogP contribution in [-0.2, 0) is 21.7 Å². The van der Waals surface area contributed by atoms with Crippen LogP contribution in [0.3, 0.4) is 0 Å². The number of aryl methyl sites for hydroxylation is 2. The molecule has 0 nitrogen and oxygen atoms in total. The second kappa shape index (κ2) is 9.97. The molecule has 0 aliphatic rings. The van der Waals surface area contributed by atoms with Crippen LogP contribution in [0, 0.1) is 13.8 Å². The second-order valence-electron chi connectivity index (χ2n) is 15.6. The van der Waals surface area contributed by atoms with Crippen molar-refractivity contribution < 1.29 is 0 Å². The summed E-state index contributed by atoms with van der Waals surface area (Å²) in [5.74, 6) is 0. The molecule has 0 unspecified atom stereocenters. The molecule has 0 aliphatic carbocycles. The molecular formula is C36H51ClSi. The van der Waals surface area contributed by atoms with Gasteiger partial charge < -0.3 is 0 Å². The first-order chi connectivity index (χ1) is 17.0. The fraction of sp³-hybridized carbons (Fsp3) is 0.500. The summed E-state index contributed by atoms with van der Waals surface area (Å²) in [7, 11) is -2.91. The van der Waals surface area contributed by atoms with Gasteiger partial charge in [0, 0.05) is 0 Å². The van der Waals surface area contributed by atoms with Crippen molar-refractivity contribution in [3.05, 3.63) is 88.0 Å². The molecule has 3 rings (SSSR count). The van der Waals surface area contributed by atoms with Crippen LogP contribution in [0.15, 0.2) is 54.6 Å². The summed E-state index contributed by atoms with van der Waals surface area (Å²) in [6.07, 6.45) is 0. The summed E-state index contributed by atoms with van der Waals surface area (Å²) in [5, 5.41) is 3.84. The Hall–Kier alpha value is -1.83. The first kappa shape index (κ1) is 30.7. The van der Waals surface area contributed by atoms with E-state index in [0.29, 0.717) is 0 Å². The van der Waals surface area contributed by atoms with Crippen LogP contribution >= 0.6 is 11.1 Å². The summed E-state index contributed by atoms with van der Waals surface area (Å²) in [5.41, 5.74) is 8.03. The number of hydrogen-bond acceptors (Lipinski definition) is 0. The third kappa shape index (κ3) is 6.48. The molecule has 0 radical (unpaired) electrons. The van der Waals surface area contributed by atoms with Gasteiger partial charge in [-0.05, 0) is 73.3 Å². The molecule has 0 spiro atoms. The molecule has 2 heteroatoms. The van der Waals surface area contributed by atoms with Crippen molar-refractivity contribution in [2.75, 3.05) is 0 Å². The normalized spacial score (nSPS) is 13.7. The molecule has 0 saturated carbocycles. The lowest BCUT2D eigenvalue weighted by Crippen LogP contribution is -2.63. The summed E-state index contributed by atoms with van der Waals surface area (Å²) < 4.78 is 0. The van der Waals surface area contributed by atoms with Gasteiger partial charge in [-0.25, -0.2) is 0 Å². The molecule has 0 atom stereocenters. The van der Waals surface area contributed by atoms with Gasteiger partial charge in [-0.15, -0.1) is 11.1 Å². The van der Waals surface area contributed by atoms with E-state index in [1.165, 1.54) is 48.9 Å². The largest absolute Gasteiger partial charge is 0.247 e. The lowest BCUT2D eigenvalue weighted by atomic mass is 9.81. The van der Waals surface area contributed by atoms with E-state index in [9.17, 15) is 0 Å². The maximum atomic E-state index is 8.29. The van der Waals surface area contributed by atoms with Crippen molar-refractivity contribution in [1.29, 1.82) is 0 Å². The highest BCUT2D eigenvalue weighted by Gasteiger charge is 2.41. The molecule has 0 aromatic heterocycles. The van der Waals surface area contributed by atoms with Crippen LogP contribution in [0.1, 0.15) is 116 Å². The Kier molecular flexibility index (Phi) is 8.06. The molecule has 0 amide bonds. The quantitative estimate of drug-likeness (QED) is 0.175. The van der Waals surface area contributed by atoms with E-state index in [-0.39, 0.29) is 21.7 Å². The molecule has 0 heterocycles. The Morgan fingerprint density at radius 3 is 0.868 bits per heavy atom. The minimum Gasteiger partial charge on any atom is -0.149 e. The highest BCUT2D eigenvalue weighted by molar-refractivity contribution is 7.40. The molecular weight excluding hydrogens is 496 g/mol. The van der Waals surface area contributed by atoms with Crippen molar-refractivity contribution in [3.8, 4) is 0 Å². The van der Waals surface area contributed by atoms with Gasteiger partial charge in [0.25, 0.3) is 0 Å². The lowest BCUT2D eigenvalue weighted by molar-refractivity contribution is 0.569. The van der Waals surface area contributed by atoms with Crippen molar-refractivity contribution in [1.82, 2.24) is 0 Å². The van der Waals surface area contributed by atoms with E-state index >= 15 is 0 Å². The van der Waals surface area contributed by atoms with Crippen molar-refractivity contribution in [2.45, 2.75) is 119 Å². The molecule has 0 saturated heterocycles. The van der Waals surface area contributed by atoms with E-state index in [1.54, 1.807) is 0 Å². The zero-order chi connectivity index (χ0) is 29.1. The molecule has 0 bridgehead atoms. The summed E-state index contributed by atoms with van der Waals surface area (Å²) in [4.78, 5) is 0. The van der Waals surface area contributed by atoms with Crippen LogP contribution in [0.5, 0.6) is 0 Å². The SMILES string of the molecule is Cc1cc(C)cc([Si](Cl)(c2cc(C(C)(C)C)cc(C(C)(C)C)c2)c2cc(C(C)(C)C)cc(C(C)(C)C)c2)c1. The van der Waals surface area contributed by atoms with Gasteiger partial charge in [-0.1, -0.05) is 149 Å². The highest BCUT2D eigenvalue weighted by Crippen LogP contribution is 2.32. The fourth-order valence-electron chi connectivity index (χ4n) is 5.06. The topological polar surface area (TPSA) is 0 Å². The van der Waals surface area contributed by atoms with E-state index < -0.39 is 7.38 Å². The highest BCUT2D eigenvalue weighted by atomic mass is 35.6. The van der Waals surface area contributed by atoms with Crippen LogP contribution in [0.4, 0.5) is 0 Å². The standard InChI is InChI=1S/C36H51ClSi/c1-24-15-25(2)17-30(16-24)38(37,31-20-26(33(3,4)5)18-27(21-31)34(6,7)8)32-22-28(35(9,10)11)19-29(23-32)36(12,13)14/h15-23H,1-14H3. The maximum absolute atomic E-state index is 8.29. The maximum Gasteiger partial charge on any atom is 0.247 e. The van der Waals surface area contributed by atoms with Crippen molar-refractivity contribution in [3.63, 3.8) is 0 Å². The molecule has 3 aromatic carbocycles. The van der Waals surface area contributed by atoms with E-state index in [2.05, 4.69) is 152 Å². The predicted octanol–water partition coefficient (Wildman–Crippen LogP) is 8.70. The average molecular weight is 547 g/mol. The molecule has 38 heavy (non-hydrogen) atoms. The molecule has 0 N–H and O–H groups in total. The summed E-state index contributed by atoms with van der Waals surface area (Å²) >= 11 is 8.29. The molecule has 3 aromatic rings. The Balaban J connectivity index is 2.56. The van der Waals surface area contributed by atoms with Gasteiger partial charge in [0.1, 0.15) is 0 Å². The monoisotopic (exact) mass is 546 g/mol. The van der Waals surface area contributed by atoms with Crippen LogP contribution in [0.25, 0.3) is 0 Å². The third-order valence-corrected chi connectivity index (χ3v) is 13.0. The molecule has 0 aliphatic heterocycles. The zero-order valence-electron chi connectivity index (χ0n) is 26.6. The second-order valence-corrected chi connectivity index (χ2v) is 20.4. The fourth-order valence-corrected chi connectivity index (χ4v) is 9.31. The van der Waals surface area contributed by atoms with E-state index in [4.69, 9.17) is 11.1 Å². The van der Waals surface area contributed by atoms with Crippen molar-refractivity contribution >= 4 is 34.0 Å². The lowest BCUT2D eigenvalue weighted by Gasteiger charge is -2.34. The van der Waals surface area contributed by atoms with Crippen molar-refractivity contribution in [2.24, 2.45) is 0 Å².